The Labute approximate surface area is 155 Å². The Kier molecular flexibility index (Phi) is 5.44. The summed E-state index contributed by atoms with van der Waals surface area (Å²) in [7, 11) is -2.25. The first-order chi connectivity index (χ1) is 12.4. The van der Waals surface area contributed by atoms with Gasteiger partial charge in [-0.2, -0.15) is 4.31 Å². The van der Waals surface area contributed by atoms with Gasteiger partial charge in [-0.05, 0) is 60.6 Å². The van der Waals surface area contributed by atoms with E-state index in [1.807, 2.05) is 37.3 Å². The zero-order chi connectivity index (χ0) is 18.7. The zero-order valence-electron chi connectivity index (χ0n) is 15.2. The van der Waals surface area contributed by atoms with E-state index in [9.17, 15) is 13.2 Å². The molecule has 2 aromatic rings. The first-order valence-electron chi connectivity index (χ1n) is 8.87. The van der Waals surface area contributed by atoms with Crippen LogP contribution in [0.2, 0.25) is 0 Å². The molecular formula is C20H24N2O3S. The third-order valence-corrected chi connectivity index (χ3v) is 6.62. The van der Waals surface area contributed by atoms with Gasteiger partial charge in [-0.15, -0.1) is 0 Å². The molecule has 0 saturated heterocycles. The molecule has 0 fully saturated rings. The Balaban J connectivity index is 1.72. The Morgan fingerprint density at radius 1 is 1.12 bits per heavy atom. The van der Waals surface area contributed by atoms with Gasteiger partial charge in [-0.25, -0.2) is 8.42 Å². The summed E-state index contributed by atoms with van der Waals surface area (Å²) in [6.07, 6.45) is 3.77. The van der Waals surface area contributed by atoms with Crippen LogP contribution in [-0.2, 0) is 34.1 Å². The summed E-state index contributed by atoms with van der Waals surface area (Å²) < 4.78 is 26.7. The van der Waals surface area contributed by atoms with Crippen molar-refractivity contribution in [2.75, 3.05) is 18.9 Å². The molecule has 5 nitrogen and oxygen atoms in total. The van der Waals surface area contributed by atoms with E-state index in [1.165, 1.54) is 12.6 Å². The summed E-state index contributed by atoms with van der Waals surface area (Å²) in [5.41, 5.74) is 4.06. The van der Waals surface area contributed by atoms with Gasteiger partial charge >= 0.3 is 0 Å². The molecule has 1 aliphatic rings. The highest BCUT2D eigenvalue weighted by molar-refractivity contribution is 7.89. The maximum Gasteiger partial charge on any atom is 0.243 e. The Morgan fingerprint density at radius 2 is 1.85 bits per heavy atom. The lowest BCUT2D eigenvalue weighted by molar-refractivity contribution is -0.116. The van der Waals surface area contributed by atoms with Crippen LogP contribution >= 0.6 is 0 Å². The molecular weight excluding hydrogens is 348 g/mol. The van der Waals surface area contributed by atoms with Crippen LogP contribution in [0.4, 0.5) is 5.69 Å². The normalized spacial score (nSPS) is 13.7. The fourth-order valence-corrected chi connectivity index (χ4v) is 4.49. The number of carbonyl (C=O) groups excluding carboxylic acids is 1. The molecule has 0 spiro atoms. The number of anilines is 1. The van der Waals surface area contributed by atoms with Crippen LogP contribution in [0.5, 0.6) is 0 Å². The molecule has 0 unspecified atom stereocenters. The minimum atomic E-state index is -3.69. The number of benzene rings is 2. The van der Waals surface area contributed by atoms with Crippen LogP contribution in [0.25, 0.3) is 0 Å². The smallest absolute Gasteiger partial charge is 0.243 e. The van der Waals surface area contributed by atoms with Crippen molar-refractivity contribution in [1.29, 1.82) is 0 Å². The molecule has 0 aromatic heterocycles. The van der Waals surface area contributed by atoms with Gasteiger partial charge in [0.15, 0.2) is 0 Å². The summed E-state index contributed by atoms with van der Waals surface area (Å²) in [4.78, 5) is 12.6. The summed E-state index contributed by atoms with van der Waals surface area (Å²) >= 11 is 0. The zero-order valence-corrected chi connectivity index (χ0v) is 16.0. The van der Waals surface area contributed by atoms with Gasteiger partial charge in [-0.3, -0.25) is 4.79 Å². The number of hydrogen-bond donors (Lipinski definition) is 1. The second kappa shape index (κ2) is 7.60. The van der Waals surface area contributed by atoms with Crippen LogP contribution in [0.3, 0.4) is 0 Å². The van der Waals surface area contributed by atoms with Gasteiger partial charge in [0.25, 0.3) is 0 Å². The second-order valence-electron chi connectivity index (χ2n) is 6.60. The minimum Gasteiger partial charge on any atom is -0.325 e. The standard InChI is InChI=1S/C20H24N2O3S/c1-3-15-7-4-5-10-19(15)21-20(23)14-22(2)26(24,25)18-12-11-16-8-6-9-17(16)13-18/h4-5,7,10-13H,3,6,8-9,14H2,1-2H3,(H,21,23). The van der Waals surface area contributed by atoms with Crippen molar-refractivity contribution < 1.29 is 13.2 Å². The molecule has 2 aromatic carbocycles. The molecule has 0 saturated carbocycles. The lowest BCUT2D eigenvalue weighted by atomic mass is 10.1. The predicted octanol–water partition coefficient (Wildman–Crippen LogP) is 3.00. The molecule has 0 bridgehead atoms. The molecule has 6 heteroatoms. The number of para-hydroxylation sites is 1. The fourth-order valence-electron chi connectivity index (χ4n) is 3.32. The predicted molar refractivity (Wildman–Crippen MR) is 103 cm³/mol. The highest BCUT2D eigenvalue weighted by Crippen LogP contribution is 2.26. The SMILES string of the molecule is CCc1ccccc1NC(=O)CN(C)S(=O)(=O)c1ccc2c(c1)CCC2. The average Bonchev–Trinajstić information content (AvgIpc) is 3.09. The minimum absolute atomic E-state index is 0.225. The van der Waals surface area contributed by atoms with Gasteiger partial charge in [0.2, 0.25) is 15.9 Å². The number of carbonyl (C=O) groups is 1. The number of nitrogens with one attached hydrogen (secondary N) is 1. The summed E-state index contributed by atoms with van der Waals surface area (Å²) in [6.45, 7) is 1.78. The van der Waals surface area contributed by atoms with E-state index in [0.717, 1.165) is 46.8 Å². The molecule has 0 radical (unpaired) electrons. The van der Waals surface area contributed by atoms with Crippen molar-refractivity contribution in [3.8, 4) is 0 Å². The van der Waals surface area contributed by atoms with Crippen molar-refractivity contribution in [3.05, 3.63) is 59.2 Å². The molecule has 0 aliphatic heterocycles. The van der Waals surface area contributed by atoms with Crippen molar-refractivity contribution >= 4 is 21.6 Å². The number of fused-ring (bicyclic) bond motifs is 1. The van der Waals surface area contributed by atoms with Gasteiger partial charge in [0.1, 0.15) is 0 Å². The first-order valence-corrected chi connectivity index (χ1v) is 10.3. The van der Waals surface area contributed by atoms with Crippen LogP contribution in [0.15, 0.2) is 47.4 Å². The number of aryl methyl sites for hydroxylation is 3. The van der Waals surface area contributed by atoms with Crippen molar-refractivity contribution in [1.82, 2.24) is 4.31 Å². The van der Waals surface area contributed by atoms with E-state index in [4.69, 9.17) is 0 Å². The first kappa shape index (κ1) is 18.6. The van der Waals surface area contributed by atoms with E-state index in [2.05, 4.69) is 5.32 Å². The third kappa shape index (κ3) is 3.81. The maximum absolute atomic E-state index is 12.8. The number of sulfonamides is 1. The van der Waals surface area contributed by atoms with E-state index >= 15 is 0 Å². The number of hydrogen-bond acceptors (Lipinski definition) is 3. The molecule has 1 aliphatic carbocycles. The molecule has 3 rings (SSSR count). The van der Waals surface area contributed by atoms with Crippen molar-refractivity contribution in [2.45, 2.75) is 37.5 Å². The number of rotatable bonds is 6. The molecule has 0 atom stereocenters. The van der Waals surface area contributed by atoms with Crippen molar-refractivity contribution in [2.24, 2.45) is 0 Å². The van der Waals surface area contributed by atoms with Gasteiger partial charge in [0.05, 0.1) is 11.4 Å². The Bertz CT molecular complexity index is 922. The number of amides is 1. The lowest BCUT2D eigenvalue weighted by Crippen LogP contribution is -2.35. The van der Waals surface area contributed by atoms with Crippen LogP contribution in [0, 0.1) is 0 Å². The summed E-state index contributed by atoms with van der Waals surface area (Å²) in [6, 6.07) is 12.8. The van der Waals surface area contributed by atoms with Crippen LogP contribution in [0.1, 0.15) is 30.0 Å². The Morgan fingerprint density at radius 3 is 2.62 bits per heavy atom. The van der Waals surface area contributed by atoms with E-state index in [0.29, 0.717) is 0 Å². The second-order valence-corrected chi connectivity index (χ2v) is 8.65. The Hall–Kier alpha value is -2.18. The van der Waals surface area contributed by atoms with Crippen LogP contribution in [-0.4, -0.2) is 32.2 Å². The summed E-state index contributed by atoms with van der Waals surface area (Å²) in [5.74, 6) is -0.349. The van der Waals surface area contributed by atoms with E-state index in [-0.39, 0.29) is 17.3 Å². The highest BCUT2D eigenvalue weighted by Gasteiger charge is 2.25. The average molecular weight is 372 g/mol. The van der Waals surface area contributed by atoms with Crippen LogP contribution < -0.4 is 5.32 Å². The monoisotopic (exact) mass is 372 g/mol. The number of likely N-dealkylation sites (N-methyl/N-ethyl adjacent to an activating group) is 1. The fraction of sp³-hybridized carbons (Fsp3) is 0.350. The summed E-state index contributed by atoms with van der Waals surface area (Å²) in [5, 5.41) is 2.81. The molecule has 1 amide bonds. The van der Waals surface area contributed by atoms with E-state index in [1.54, 1.807) is 12.1 Å². The molecule has 0 heterocycles. The van der Waals surface area contributed by atoms with Gasteiger partial charge in [0, 0.05) is 12.7 Å². The van der Waals surface area contributed by atoms with Crippen molar-refractivity contribution in [3.63, 3.8) is 0 Å². The lowest BCUT2D eigenvalue weighted by Gasteiger charge is -2.18. The topological polar surface area (TPSA) is 66.5 Å². The third-order valence-electron chi connectivity index (χ3n) is 4.82. The van der Waals surface area contributed by atoms with E-state index < -0.39 is 10.0 Å². The van der Waals surface area contributed by atoms with Gasteiger partial charge < -0.3 is 5.32 Å². The quantitative estimate of drug-likeness (QED) is 0.848. The number of nitrogens with zero attached hydrogens (tertiary/aromatic N) is 1. The molecule has 1 N–H and O–H groups in total. The van der Waals surface area contributed by atoms with Gasteiger partial charge in [-0.1, -0.05) is 31.2 Å². The highest BCUT2D eigenvalue weighted by atomic mass is 32.2. The molecule has 26 heavy (non-hydrogen) atoms. The largest absolute Gasteiger partial charge is 0.325 e. The molecule has 138 valence electrons. The maximum atomic E-state index is 12.8.